The second-order valence-corrected chi connectivity index (χ2v) is 7.12. The quantitative estimate of drug-likeness (QED) is 0.576. The first-order valence-corrected chi connectivity index (χ1v) is 9.44. The molecule has 1 unspecified atom stereocenters. The fourth-order valence-electron chi connectivity index (χ4n) is 2.88. The molecule has 1 atom stereocenters. The fourth-order valence-corrected chi connectivity index (χ4v) is 2.88. The zero-order valence-electron chi connectivity index (χ0n) is 16.5. The molecule has 2 heterocycles. The number of carbonyl (C=O) groups excluding carboxylic acids is 1. The van der Waals surface area contributed by atoms with Gasteiger partial charge in [-0.15, -0.1) is 0 Å². The maximum Gasteiger partial charge on any atom is 0.360 e. The number of hydrogen-bond acceptors (Lipinski definition) is 7. The smallest absolute Gasteiger partial charge is 0.360 e. The Kier molecular flexibility index (Phi) is 5.87. The maximum atomic E-state index is 12.8. The molecule has 0 radical (unpaired) electrons. The average molecular weight is 384 g/mol. The maximum absolute atomic E-state index is 12.8. The highest BCUT2D eigenvalue weighted by Gasteiger charge is 2.23. The zero-order chi connectivity index (χ0) is 20.3. The van der Waals surface area contributed by atoms with Crippen molar-refractivity contribution in [2.75, 3.05) is 0 Å². The second kappa shape index (κ2) is 8.33. The molecule has 28 heavy (non-hydrogen) atoms. The average Bonchev–Trinajstić information content (AvgIpc) is 3.13. The second-order valence-electron chi connectivity index (χ2n) is 7.12. The Hall–Kier alpha value is -3.03. The molecule has 0 aliphatic carbocycles. The van der Waals surface area contributed by atoms with Crippen molar-refractivity contribution in [3.05, 3.63) is 52.0 Å². The minimum atomic E-state index is -0.725. The number of ether oxygens (including phenoxy) is 1. The number of rotatable bonds is 7. The first kappa shape index (κ1) is 19.7. The number of nitrogens with zero attached hydrogens (tertiary/aromatic N) is 4. The number of benzene rings is 1. The molecular weight excluding hydrogens is 360 g/mol. The van der Waals surface area contributed by atoms with Crippen LogP contribution in [0.4, 0.5) is 0 Å². The molecule has 0 amide bonds. The molecule has 2 aromatic heterocycles. The molecule has 148 valence electrons. The summed E-state index contributed by atoms with van der Waals surface area (Å²) in [6.07, 6.45) is 0.855. The molecule has 8 nitrogen and oxygen atoms in total. The van der Waals surface area contributed by atoms with Crippen molar-refractivity contribution < 1.29 is 14.1 Å². The van der Waals surface area contributed by atoms with Crippen molar-refractivity contribution in [1.82, 2.24) is 19.9 Å². The summed E-state index contributed by atoms with van der Waals surface area (Å²) in [5.41, 5.74) is -0.133. The van der Waals surface area contributed by atoms with E-state index < -0.39 is 12.1 Å². The molecule has 1 aromatic carbocycles. The fraction of sp³-hybridized carbons (Fsp3) is 0.450. The third-order valence-electron chi connectivity index (χ3n) is 4.19. The predicted octanol–water partition coefficient (Wildman–Crippen LogP) is 3.31. The van der Waals surface area contributed by atoms with E-state index in [1.165, 1.54) is 4.68 Å². The van der Waals surface area contributed by atoms with E-state index in [0.717, 1.165) is 6.42 Å². The number of aryl methyl sites for hydroxylation is 1. The van der Waals surface area contributed by atoms with Gasteiger partial charge in [-0.1, -0.05) is 44.1 Å². The first-order chi connectivity index (χ1) is 13.4. The van der Waals surface area contributed by atoms with Gasteiger partial charge in [0.05, 0.1) is 5.39 Å². The molecule has 0 aliphatic rings. The molecule has 0 saturated heterocycles. The molecular formula is C20H24N4O4. The van der Waals surface area contributed by atoms with Crippen molar-refractivity contribution in [3.63, 3.8) is 0 Å². The summed E-state index contributed by atoms with van der Waals surface area (Å²) in [6, 6.07) is 6.89. The Morgan fingerprint density at radius 2 is 1.93 bits per heavy atom. The van der Waals surface area contributed by atoms with Crippen LogP contribution in [0.2, 0.25) is 0 Å². The van der Waals surface area contributed by atoms with Crippen molar-refractivity contribution in [2.24, 2.45) is 5.92 Å². The van der Waals surface area contributed by atoms with Crippen molar-refractivity contribution in [1.29, 1.82) is 0 Å². The van der Waals surface area contributed by atoms with Gasteiger partial charge in [-0.25, -0.2) is 9.48 Å². The van der Waals surface area contributed by atoms with Crippen LogP contribution in [-0.4, -0.2) is 25.9 Å². The Labute approximate surface area is 162 Å². The molecule has 0 fully saturated rings. The number of aromatic nitrogens is 4. The van der Waals surface area contributed by atoms with Crippen LogP contribution in [0.3, 0.4) is 0 Å². The van der Waals surface area contributed by atoms with E-state index in [0.29, 0.717) is 29.6 Å². The van der Waals surface area contributed by atoms with Crippen LogP contribution in [0.5, 0.6) is 0 Å². The van der Waals surface area contributed by atoms with Crippen LogP contribution in [0.25, 0.3) is 10.8 Å². The topological polar surface area (TPSA) is 100 Å². The van der Waals surface area contributed by atoms with Crippen LogP contribution in [0.1, 0.15) is 62.4 Å². The van der Waals surface area contributed by atoms with Gasteiger partial charge in [0.1, 0.15) is 0 Å². The molecule has 0 spiro atoms. The first-order valence-electron chi connectivity index (χ1n) is 9.44. The van der Waals surface area contributed by atoms with E-state index in [4.69, 9.17) is 9.26 Å². The Morgan fingerprint density at radius 1 is 1.21 bits per heavy atom. The van der Waals surface area contributed by atoms with Gasteiger partial charge in [-0.05, 0) is 25.3 Å². The highest BCUT2D eigenvalue weighted by atomic mass is 16.6. The van der Waals surface area contributed by atoms with Crippen molar-refractivity contribution in [3.8, 4) is 0 Å². The van der Waals surface area contributed by atoms with Crippen LogP contribution >= 0.6 is 0 Å². The summed E-state index contributed by atoms with van der Waals surface area (Å²) < 4.78 is 12.0. The van der Waals surface area contributed by atoms with Gasteiger partial charge in [0.15, 0.2) is 17.6 Å². The molecule has 0 bridgehead atoms. The monoisotopic (exact) mass is 384 g/mol. The van der Waals surface area contributed by atoms with Crippen LogP contribution in [0, 0.1) is 5.92 Å². The molecule has 3 aromatic rings. The predicted molar refractivity (Wildman–Crippen MR) is 103 cm³/mol. The van der Waals surface area contributed by atoms with Gasteiger partial charge in [0, 0.05) is 18.4 Å². The summed E-state index contributed by atoms with van der Waals surface area (Å²) in [7, 11) is 0. The zero-order valence-corrected chi connectivity index (χ0v) is 16.5. The minimum absolute atomic E-state index is 0.0935. The van der Waals surface area contributed by atoms with E-state index in [1.807, 2.05) is 20.8 Å². The summed E-state index contributed by atoms with van der Waals surface area (Å²) in [6.45, 7) is 8.04. The largest absolute Gasteiger partial charge is 0.448 e. The Balaban J connectivity index is 1.93. The lowest BCUT2D eigenvalue weighted by Gasteiger charge is -2.13. The summed E-state index contributed by atoms with van der Waals surface area (Å²) in [5.74, 6) is 0.368. The van der Waals surface area contributed by atoms with Gasteiger partial charge in [-0.3, -0.25) is 4.79 Å². The lowest BCUT2D eigenvalue weighted by molar-refractivity contribution is 0.0258. The highest BCUT2D eigenvalue weighted by Crippen LogP contribution is 2.20. The van der Waals surface area contributed by atoms with Gasteiger partial charge >= 0.3 is 5.97 Å². The van der Waals surface area contributed by atoms with E-state index in [9.17, 15) is 9.59 Å². The Bertz CT molecular complexity index is 1040. The van der Waals surface area contributed by atoms with Gasteiger partial charge in [0.2, 0.25) is 0 Å². The van der Waals surface area contributed by atoms with Gasteiger partial charge in [0.25, 0.3) is 11.4 Å². The number of esters is 1. The highest BCUT2D eigenvalue weighted by molar-refractivity contribution is 6.02. The third-order valence-corrected chi connectivity index (χ3v) is 4.19. The molecule has 0 N–H and O–H groups in total. The molecule has 8 heteroatoms. The van der Waals surface area contributed by atoms with E-state index in [2.05, 4.69) is 15.2 Å². The van der Waals surface area contributed by atoms with E-state index in [-0.39, 0.29) is 23.1 Å². The van der Waals surface area contributed by atoms with Crippen LogP contribution in [0.15, 0.2) is 33.6 Å². The van der Waals surface area contributed by atoms with Gasteiger partial charge < -0.3 is 9.26 Å². The molecule has 0 aliphatic heterocycles. The summed E-state index contributed by atoms with van der Waals surface area (Å²) >= 11 is 0. The standard InChI is InChI=1S/C20H24N4O4/c1-5-8-16-21-18(28-23-16)13(4)27-20(26)17-14-9-6-7-10-15(14)19(25)24(22-17)11-12(2)3/h6-7,9-10,12-13H,5,8,11H2,1-4H3. The lowest BCUT2D eigenvalue weighted by Crippen LogP contribution is -2.28. The third kappa shape index (κ3) is 4.11. The SMILES string of the molecule is CCCc1noc(C(C)OC(=O)c2nn(CC(C)C)c(=O)c3ccccc23)n1. The van der Waals surface area contributed by atoms with Crippen LogP contribution < -0.4 is 5.56 Å². The number of fused-ring (bicyclic) bond motifs is 1. The molecule has 3 rings (SSSR count). The van der Waals surface area contributed by atoms with E-state index >= 15 is 0 Å². The van der Waals surface area contributed by atoms with Crippen molar-refractivity contribution in [2.45, 2.75) is 53.2 Å². The number of hydrogen-bond donors (Lipinski definition) is 0. The Morgan fingerprint density at radius 3 is 2.61 bits per heavy atom. The van der Waals surface area contributed by atoms with Crippen molar-refractivity contribution >= 4 is 16.7 Å². The number of carbonyl (C=O) groups is 1. The summed E-state index contributed by atoms with van der Waals surface area (Å²) in [5, 5.41) is 9.05. The molecule has 0 saturated carbocycles. The van der Waals surface area contributed by atoms with Crippen LogP contribution in [-0.2, 0) is 17.7 Å². The normalized spacial score (nSPS) is 12.5. The summed E-state index contributed by atoms with van der Waals surface area (Å²) in [4.78, 5) is 29.7. The van der Waals surface area contributed by atoms with Gasteiger partial charge in [-0.2, -0.15) is 10.1 Å². The lowest BCUT2D eigenvalue weighted by atomic mass is 10.1. The minimum Gasteiger partial charge on any atom is -0.448 e. The van der Waals surface area contributed by atoms with E-state index in [1.54, 1.807) is 31.2 Å².